The molecule has 1 aliphatic rings. The summed E-state index contributed by atoms with van der Waals surface area (Å²) in [6.07, 6.45) is 5.56. The number of rotatable bonds is 5. The average molecular weight is 433 g/mol. The van der Waals surface area contributed by atoms with Crippen LogP contribution in [0.15, 0.2) is 66.4 Å². The molecule has 1 fully saturated rings. The average Bonchev–Trinajstić information content (AvgIpc) is 3.51. The van der Waals surface area contributed by atoms with Gasteiger partial charge in [0.05, 0.1) is 0 Å². The van der Waals surface area contributed by atoms with Crippen LogP contribution in [0.3, 0.4) is 0 Å². The standard InChI is InChI=1S/C23H24N6OS/c30-23(29-12-10-28(11-13-29)22-24-8-4-9-25-22)27-16-19(21-7-3-14-31-21)18-15-26-20-6-2-1-5-17(18)20/h1-9,14-15,19,26H,10-13,16H2,(H,27,30)/t19-/m1/s1. The number of hydrogen-bond donors (Lipinski definition) is 2. The lowest BCUT2D eigenvalue weighted by molar-refractivity contribution is 0.194. The fraction of sp³-hybridized carbons (Fsp3) is 0.261. The highest BCUT2D eigenvalue weighted by molar-refractivity contribution is 7.10. The molecular weight excluding hydrogens is 408 g/mol. The molecule has 7 nitrogen and oxygen atoms in total. The molecule has 1 aliphatic heterocycles. The lowest BCUT2D eigenvalue weighted by atomic mass is 9.97. The minimum Gasteiger partial charge on any atom is -0.361 e. The van der Waals surface area contributed by atoms with E-state index in [0.717, 1.165) is 24.6 Å². The predicted molar refractivity (Wildman–Crippen MR) is 124 cm³/mol. The lowest BCUT2D eigenvalue weighted by Crippen LogP contribution is -2.52. The summed E-state index contributed by atoms with van der Waals surface area (Å²) in [5.41, 5.74) is 2.33. The fourth-order valence-corrected chi connectivity index (χ4v) is 4.95. The topological polar surface area (TPSA) is 77.2 Å². The van der Waals surface area contributed by atoms with Crippen molar-refractivity contribution < 1.29 is 4.79 Å². The number of anilines is 1. The van der Waals surface area contributed by atoms with Crippen molar-refractivity contribution in [2.24, 2.45) is 0 Å². The van der Waals surface area contributed by atoms with E-state index in [0.29, 0.717) is 19.6 Å². The Bertz CT molecular complexity index is 1140. The number of carbonyl (C=O) groups is 1. The number of para-hydroxylation sites is 1. The Kier molecular flexibility index (Phi) is 5.54. The van der Waals surface area contributed by atoms with Crippen LogP contribution < -0.4 is 10.2 Å². The maximum absolute atomic E-state index is 12.9. The van der Waals surface area contributed by atoms with Gasteiger partial charge in [0.1, 0.15) is 0 Å². The summed E-state index contributed by atoms with van der Waals surface area (Å²) < 4.78 is 0. The monoisotopic (exact) mass is 432 g/mol. The van der Waals surface area contributed by atoms with Crippen molar-refractivity contribution in [2.75, 3.05) is 37.6 Å². The number of urea groups is 1. The molecule has 1 saturated heterocycles. The van der Waals surface area contributed by atoms with E-state index in [-0.39, 0.29) is 11.9 Å². The van der Waals surface area contributed by atoms with Crippen molar-refractivity contribution in [1.82, 2.24) is 25.2 Å². The maximum atomic E-state index is 12.9. The Balaban J connectivity index is 1.25. The highest BCUT2D eigenvalue weighted by Gasteiger charge is 2.24. The second-order valence-corrected chi connectivity index (χ2v) is 8.55. The molecule has 4 heterocycles. The van der Waals surface area contributed by atoms with Crippen LogP contribution in [0.25, 0.3) is 10.9 Å². The predicted octanol–water partition coefficient (Wildman–Crippen LogP) is 3.68. The number of thiophene rings is 1. The molecule has 2 N–H and O–H groups in total. The summed E-state index contributed by atoms with van der Waals surface area (Å²) in [6.45, 7) is 3.33. The summed E-state index contributed by atoms with van der Waals surface area (Å²) in [5.74, 6) is 0.832. The van der Waals surface area contributed by atoms with Crippen LogP contribution in [0.4, 0.5) is 10.7 Å². The van der Waals surface area contributed by atoms with Crippen molar-refractivity contribution in [1.29, 1.82) is 0 Å². The summed E-state index contributed by atoms with van der Waals surface area (Å²) in [4.78, 5) is 30.1. The van der Waals surface area contributed by atoms with E-state index in [9.17, 15) is 4.79 Å². The van der Waals surface area contributed by atoms with Gasteiger partial charge >= 0.3 is 6.03 Å². The number of piperazine rings is 1. The van der Waals surface area contributed by atoms with E-state index < -0.39 is 0 Å². The number of fused-ring (bicyclic) bond motifs is 1. The third-order valence-corrected chi connectivity index (χ3v) is 6.73. The van der Waals surface area contributed by atoms with Crippen LogP contribution >= 0.6 is 11.3 Å². The Morgan fingerprint density at radius 2 is 1.87 bits per heavy atom. The minimum atomic E-state index is -0.0185. The first-order valence-electron chi connectivity index (χ1n) is 10.4. The third kappa shape index (κ3) is 4.11. The number of amides is 2. The molecule has 2 amide bonds. The van der Waals surface area contributed by atoms with E-state index in [4.69, 9.17) is 0 Å². The van der Waals surface area contributed by atoms with Crippen LogP contribution in [-0.2, 0) is 0 Å². The van der Waals surface area contributed by atoms with Crippen LogP contribution in [-0.4, -0.2) is 58.6 Å². The molecule has 5 rings (SSSR count). The first-order chi connectivity index (χ1) is 15.3. The molecule has 8 heteroatoms. The molecular formula is C23H24N6OS. The van der Waals surface area contributed by atoms with Crippen LogP contribution in [0.1, 0.15) is 16.4 Å². The van der Waals surface area contributed by atoms with Gasteiger partial charge in [0, 0.05) is 73.0 Å². The molecule has 0 unspecified atom stereocenters. The molecule has 31 heavy (non-hydrogen) atoms. The number of hydrogen-bond acceptors (Lipinski definition) is 5. The van der Waals surface area contributed by atoms with Gasteiger partial charge in [-0.3, -0.25) is 0 Å². The molecule has 3 aromatic heterocycles. The van der Waals surface area contributed by atoms with Gasteiger partial charge in [-0.25, -0.2) is 14.8 Å². The van der Waals surface area contributed by atoms with Gasteiger partial charge in [0.15, 0.2) is 0 Å². The molecule has 0 saturated carbocycles. The number of carbonyl (C=O) groups excluding carboxylic acids is 1. The smallest absolute Gasteiger partial charge is 0.317 e. The fourth-order valence-electron chi connectivity index (χ4n) is 4.10. The highest BCUT2D eigenvalue weighted by Crippen LogP contribution is 2.32. The second-order valence-electron chi connectivity index (χ2n) is 7.57. The van der Waals surface area contributed by atoms with E-state index in [1.54, 1.807) is 23.7 Å². The van der Waals surface area contributed by atoms with E-state index in [2.05, 4.69) is 67.1 Å². The first-order valence-corrected chi connectivity index (χ1v) is 11.3. The number of nitrogens with zero attached hydrogens (tertiary/aromatic N) is 4. The number of benzene rings is 1. The lowest BCUT2D eigenvalue weighted by Gasteiger charge is -2.34. The maximum Gasteiger partial charge on any atom is 0.317 e. The normalized spacial score (nSPS) is 15.2. The second kappa shape index (κ2) is 8.77. The number of aromatic amines is 1. The number of nitrogens with one attached hydrogen (secondary N) is 2. The zero-order valence-corrected chi connectivity index (χ0v) is 17.9. The van der Waals surface area contributed by atoms with Crippen molar-refractivity contribution in [2.45, 2.75) is 5.92 Å². The van der Waals surface area contributed by atoms with Crippen molar-refractivity contribution in [3.05, 3.63) is 76.9 Å². The zero-order valence-electron chi connectivity index (χ0n) is 17.1. The van der Waals surface area contributed by atoms with Gasteiger partial charge in [0.2, 0.25) is 5.95 Å². The third-order valence-electron chi connectivity index (χ3n) is 5.74. The minimum absolute atomic E-state index is 0.0185. The van der Waals surface area contributed by atoms with Crippen LogP contribution in [0.5, 0.6) is 0 Å². The molecule has 1 aromatic carbocycles. The SMILES string of the molecule is O=C(NC[C@@H](c1cccs1)c1c[nH]c2ccccc12)N1CCN(c2ncccn2)CC1. The van der Waals surface area contributed by atoms with Crippen LogP contribution in [0.2, 0.25) is 0 Å². The van der Waals surface area contributed by atoms with Gasteiger partial charge in [0.25, 0.3) is 0 Å². The Morgan fingerprint density at radius 1 is 1.06 bits per heavy atom. The van der Waals surface area contributed by atoms with Crippen molar-refractivity contribution >= 4 is 34.2 Å². The largest absolute Gasteiger partial charge is 0.361 e. The quantitative estimate of drug-likeness (QED) is 0.504. The molecule has 4 aromatic rings. The zero-order chi connectivity index (χ0) is 21.0. The summed E-state index contributed by atoms with van der Waals surface area (Å²) in [5, 5.41) is 6.47. The number of aromatic nitrogens is 3. The first kappa shape index (κ1) is 19.6. The molecule has 158 valence electrons. The van der Waals surface area contributed by atoms with Gasteiger partial charge < -0.3 is 20.1 Å². The van der Waals surface area contributed by atoms with Gasteiger partial charge in [-0.2, -0.15) is 0 Å². The van der Waals surface area contributed by atoms with E-state index >= 15 is 0 Å². The Morgan fingerprint density at radius 3 is 2.65 bits per heavy atom. The molecule has 1 atom stereocenters. The summed E-state index contributed by atoms with van der Waals surface area (Å²) in [6, 6.07) is 14.3. The van der Waals surface area contributed by atoms with Gasteiger partial charge in [-0.15, -0.1) is 11.3 Å². The van der Waals surface area contributed by atoms with E-state index in [1.807, 2.05) is 17.0 Å². The molecule has 0 spiro atoms. The van der Waals surface area contributed by atoms with Gasteiger partial charge in [-0.1, -0.05) is 24.3 Å². The Labute approximate surface area is 184 Å². The van der Waals surface area contributed by atoms with E-state index in [1.165, 1.54) is 15.8 Å². The summed E-state index contributed by atoms with van der Waals surface area (Å²) >= 11 is 1.72. The van der Waals surface area contributed by atoms with Crippen molar-refractivity contribution in [3.8, 4) is 0 Å². The molecule has 0 aliphatic carbocycles. The molecule has 0 radical (unpaired) electrons. The summed E-state index contributed by atoms with van der Waals surface area (Å²) in [7, 11) is 0. The molecule has 0 bridgehead atoms. The number of H-pyrrole nitrogens is 1. The van der Waals surface area contributed by atoms with Gasteiger partial charge in [-0.05, 0) is 29.1 Å². The van der Waals surface area contributed by atoms with Crippen LogP contribution in [0, 0.1) is 0 Å². The Hall–Kier alpha value is -3.39. The highest BCUT2D eigenvalue weighted by atomic mass is 32.1. The van der Waals surface area contributed by atoms with Crippen molar-refractivity contribution in [3.63, 3.8) is 0 Å².